The zero-order valence-electron chi connectivity index (χ0n) is 10.8. The van der Waals surface area contributed by atoms with Crippen LogP contribution in [0.25, 0.3) is 0 Å². The van der Waals surface area contributed by atoms with Gasteiger partial charge in [-0.1, -0.05) is 13.8 Å². The summed E-state index contributed by atoms with van der Waals surface area (Å²) in [7, 11) is 0. The van der Waals surface area contributed by atoms with Crippen LogP contribution in [-0.2, 0) is 16.8 Å². The quantitative estimate of drug-likeness (QED) is 0.837. The van der Waals surface area contributed by atoms with Crippen molar-refractivity contribution in [3.63, 3.8) is 0 Å². The summed E-state index contributed by atoms with van der Waals surface area (Å²) in [6.45, 7) is 8.71. The highest BCUT2D eigenvalue weighted by molar-refractivity contribution is 4.92. The third-order valence-corrected chi connectivity index (χ3v) is 3.28. The van der Waals surface area contributed by atoms with Gasteiger partial charge in [0.05, 0.1) is 12.1 Å². The summed E-state index contributed by atoms with van der Waals surface area (Å²) >= 11 is 0. The highest BCUT2D eigenvalue weighted by Crippen LogP contribution is 2.28. The molecule has 2 heterocycles. The summed E-state index contributed by atoms with van der Waals surface area (Å²) in [5.74, 6) is 0.906. The van der Waals surface area contributed by atoms with E-state index in [9.17, 15) is 0 Å². The fourth-order valence-corrected chi connectivity index (χ4v) is 2.05. The van der Waals surface area contributed by atoms with Crippen LogP contribution in [0.1, 0.15) is 39.4 Å². The Morgan fingerprint density at radius 1 is 1.41 bits per heavy atom. The topological polar surface area (TPSA) is 64.9 Å². The van der Waals surface area contributed by atoms with E-state index in [0.29, 0.717) is 12.6 Å². The van der Waals surface area contributed by atoms with Crippen molar-refractivity contribution in [3.05, 3.63) is 5.82 Å². The minimum absolute atomic E-state index is 0.00422. The van der Waals surface area contributed by atoms with Gasteiger partial charge in [0.1, 0.15) is 0 Å². The van der Waals surface area contributed by atoms with Crippen LogP contribution in [0.15, 0.2) is 0 Å². The van der Waals surface area contributed by atoms with E-state index in [1.807, 2.05) is 4.68 Å². The van der Waals surface area contributed by atoms with Crippen LogP contribution in [-0.4, -0.2) is 39.5 Å². The first kappa shape index (κ1) is 12.4. The van der Waals surface area contributed by atoms with Gasteiger partial charge in [-0.3, -0.25) is 0 Å². The largest absolute Gasteiger partial charge is 0.381 e. The number of hydrogen-bond donors (Lipinski definition) is 1. The number of hydrogen-bond acceptors (Lipinski definition) is 5. The van der Waals surface area contributed by atoms with Crippen molar-refractivity contribution >= 4 is 0 Å². The monoisotopic (exact) mass is 239 g/mol. The van der Waals surface area contributed by atoms with E-state index in [2.05, 4.69) is 41.6 Å². The Morgan fingerprint density at radius 3 is 2.76 bits per heavy atom. The minimum Gasteiger partial charge on any atom is -0.381 e. The van der Waals surface area contributed by atoms with Gasteiger partial charge in [0, 0.05) is 19.3 Å². The number of rotatable bonds is 4. The van der Waals surface area contributed by atoms with Crippen molar-refractivity contribution in [2.45, 2.75) is 51.7 Å². The zero-order valence-corrected chi connectivity index (χ0v) is 10.8. The van der Waals surface area contributed by atoms with Gasteiger partial charge in [0.15, 0.2) is 5.82 Å². The van der Waals surface area contributed by atoms with Gasteiger partial charge in [0.25, 0.3) is 0 Å². The van der Waals surface area contributed by atoms with Gasteiger partial charge >= 0.3 is 0 Å². The molecule has 1 N–H and O–H groups in total. The van der Waals surface area contributed by atoms with Crippen LogP contribution in [0, 0.1) is 0 Å². The first-order valence-corrected chi connectivity index (χ1v) is 6.21. The SMILES string of the molecule is CC(C)NCc1nnnn1C1(C)CCOCC1. The van der Waals surface area contributed by atoms with Crippen LogP contribution in [0.2, 0.25) is 0 Å². The normalized spacial score (nSPS) is 19.8. The summed E-state index contributed by atoms with van der Waals surface area (Å²) in [5.41, 5.74) is -0.00422. The van der Waals surface area contributed by atoms with Crippen molar-refractivity contribution in [2.75, 3.05) is 13.2 Å². The minimum atomic E-state index is -0.00422. The molecule has 1 aliphatic heterocycles. The van der Waals surface area contributed by atoms with E-state index in [-0.39, 0.29) is 5.54 Å². The lowest BCUT2D eigenvalue weighted by atomic mass is 9.92. The lowest BCUT2D eigenvalue weighted by molar-refractivity contribution is 0.0217. The molecule has 1 fully saturated rings. The van der Waals surface area contributed by atoms with Crippen LogP contribution in [0.4, 0.5) is 0 Å². The van der Waals surface area contributed by atoms with Crippen LogP contribution in [0.5, 0.6) is 0 Å². The van der Waals surface area contributed by atoms with Crippen molar-refractivity contribution < 1.29 is 4.74 Å². The van der Waals surface area contributed by atoms with Crippen LogP contribution < -0.4 is 5.32 Å². The van der Waals surface area contributed by atoms with Crippen molar-refractivity contribution in [1.29, 1.82) is 0 Å². The number of tetrazole rings is 1. The van der Waals surface area contributed by atoms with Crippen LogP contribution >= 0.6 is 0 Å². The summed E-state index contributed by atoms with van der Waals surface area (Å²) in [6, 6.07) is 0.433. The second kappa shape index (κ2) is 5.10. The standard InChI is InChI=1S/C11H21N5O/c1-9(2)12-8-10-13-14-15-16(10)11(3)4-6-17-7-5-11/h9,12H,4-8H2,1-3H3. The Bertz CT molecular complexity index is 356. The molecule has 0 bridgehead atoms. The van der Waals surface area contributed by atoms with E-state index in [4.69, 9.17) is 4.74 Å². The Labute approximate surface area is 102 Å². The van der Waals surface area contributed by atoms with Crippen LogP contribution in [0.3, 0.4) is 0 Å². The number of aromatic nitrogens is 4. The average Bonchev–Trinajstić information content (AvgIpc) is 2.76. The fraction of sp³-hybridized carbons (Fsp3) is 0.909. The Kier molecular flexibility index (Phi) is 3.73. The van der Waals surface area contributed by atoms with Gasteiger partial charge in [0.2, 0.25) is 0 Å². The predicted octanol–water partition coefficient (Wildman–Crippen LogP) is 0.697. The molecule has 96 valence electrons. The second-order valence-electron chi connectivity index (χ2n) is 5.15. The fourth-order valence-electron chi connectivity index (χ4n) is 2.05. The van der Waals surface area contributed by atoms with E-state index >= 15 is 0 Å². The van der Waals surface area contributed by atoms with Crippen molar-refractivity contribution in [3.8, 4) is 0 Å². The molecule has 0 unspecified atom stereocenters. The Hall–Kier alpha value is -1.01. The summed E-state index contributed by atoms with van der Waals surface area (Å²) in [6.07, 6.45) is 1.93. The number of nitrogens with zero attached hydrogens (tertiary/aromatic N) is 4. The highest BCUT2D eigenvalue weighted by atomic mass is 16.5. The number of nitrogens with one attached hydrogen (secondary N) is 1. The predicted molar refractivity (Wildman–Crippen MR) is 63.5 cm³/mol. The lowest BCUT2D eigenvalue weighted by Gasteiger charge is -2.33. The maximum absolute atomic E-state index is 5.40. The maximum atomic E-state index is 5.40. The molecule has 0 aliphatic carbocycles. The summed E-state index contributed by atoms with van der Waals surface area (Å²) < 4.78 is 7.37. The first-order chi connectivity index (χ1) is 8.12. The summed E-state index contributed by atoms with van der Waals surface area (Å²) in [4.78, 5) is 0. The first-order valence-electron chi connectivity index (χ1n) is 6.21. The van der Waals surface area contributed by atoms with Gasteiger partial charge in [-0.2, -0.15) is 0 Å². The van der Waals surface area contributed by atoms with E-state index < -0.39 is 0 Å². The molecule has 0 saturated carbocycles. The van der Waals surface area contributed by atoms with Gasteiger partial charge < -0.3 is 10.1 Å². The zero-order chi connectivity index (χ0) is 12.3. The Morgan fingerprint density at radius 2 is 2.12 bits per heavy atom. The molecule has 6 heteroatoms. The smallest absolute Gasteiger partial charge is 0.165 e. The summed E-state index contributed by atoms with van der Waals surface area (Å²) in [5, 5.41) is 15.4. The molecule has 0 radical (unpaired) electrons. The van der Waals surface area contributed by atoms with E-state index in [1.54, 1.807) is 0 Å². The Balaban J connectivity index is 2.11. The van der Waals surface area contributed by atoms with Gasteiger partial charge in [-0.05, 0) is 30.2 Å². The molecule has 1 aromatic heterocycles. The molecule has 1 aliphatic rings. The molecule has 0 amide bonds. The van der Waals surface area contributed by atoms with E-state index in [0.717, 1.165) is 31.9 Å². The molecule has 0 spiro atoms. The molecule has 0 atom stereocenters. The van der Waals surface area contributed by atoms with Gasteiger partial charge in [-0.25, -0.2) is 4.68 Å². The molecule has 0 aromatic carbocycles. The number of ether oxygens (including phenoxy) is 1. The second-order valence-corrected chi connectivity index (χ2v) is 5.15. The molecular weight excluding hydrogens is 218 g/mol. The van der Waals surface area contributed by atoms with E-state index in [1.165, 1.54) is 0 Å². The molecule has 17 heavy (non-hydrogen) atoms. The molecule has 1 aromatic rings. The average molecular weight is 239 g/mol. The highest BCUT2D eigenvalue weighted by Gasteiger charge is 2.32. The molecular formula is C11H21N5O. The van der Waals surface area contributed by atoms with Crippen molar-refractivity contribution in [2.24, 2.45) is 0 Å². The maximum Gasteiger partial charge on any atom is 0.165 e. The molecule has 2 rings (SSSR count). The van der Waals surface area contributed by atoms with Gasteiger partial charge in [-0.15, -0.1) is 5.10 Å². The molecule has 6 nitrogen and oxygen atoms in total. The third-order valence-electron chi connectivity index (χ3n) is 3.28. The lowest BCUT2D eigenvalue weighted by Crippen LogP contribution is -2.39. The van der Waals surface area contributed by atoms with Crippen molar-refractivity contribution in [1.82, 2.24) is 25.5 Å². The third kappa shape index (κ3) is 2.81. The molecule has 1 saturated heterocycles.